The monoisotopic (exact) mass is 342 g/mol. The van der Waals surface area contributed by atoms with E-state index in [9.17, 15) is 13.9 Å². The molecule has 2 rings (SSSR count). The van der Waals surface area contributed by atoms with E-state index in [-0.39, 0.29) is 30.9 Å². The van der Waals surface area contributed by atoms with Crippen LogP contribution in [0, 0.1) is 11.6 Å². The summed E-state index contributed by atoms with van der Waals surface area (Å²) in [6.45, 7) is 5.51. The van der Waals surface area contributed by atoms with Gasteiger partial charge in [0.1, 0.15) is 0 Å². The number of hydrogen-bond acceptors (Lipinski definition) is 3. The van der Waals surface area contributed by atoms with Crippen molar-refractivity contribution in [2.45, 2.75) is 25.8 Å². The summed E-state index contributed by atoms with van der Waals surface area (Å²) >= 11 is 0. The Labute approximate surface area is 136 Å². The third kappa shape index (κ3) is 4.68. The van der Waals surface area contributed by atoms with E-state index in [0.717, 1.165) is 45.1 Å². The molecule has 0 amide bonds. The molecule has 1 aromatic carbocycles. The standard InChI is InChI=1S/C14H20F2N2O.2ClH/c1-2-3-12(18-8-6-17-7-9-18)10-4-5-11(15)13(16)14(10)19;;/h4-5,12,17,19H,2-3,6-9H2,1H3;2*1H/t12-;;/m1../s1. The Balaban J connectivity index is 0.00000200. The second-order valence-electron chi connectivity index (χ2n) is 4.89. The molecule has 0 saturated carbocycles. The van der Waals surface area contributed by atoms with Gasteiger partial charge in [-0.2, -0.15) is 4.39 Å². The number of rotatable bonds is 4. The van der Waals surface area contributed by atoms with Gasteiger partial charge in [-0.3, -0.25) is 4.90 Å². The van der Waals surface area contributed by atoms with Crippen LogP contribution in [0.1, 0.15) is 31.4 Å². The molecule has 1 aromatic rings. The Bertz CT molecular complexity index is 443. The summed E-state index contributed by atoms with van der Waals surface area (Å²) in [5.74, 6) is -2.69. The van der Waals surface area contributed by atoms with Gasteiger partial charge in [-0.05, 0) is 12.5 Å². The summed E-state index contributed by atoms with van der Waals surface area (Å²) in [4.78, 5) is 2.21. The first kappa shape index (κ1) is 20.4. The van der Waals surface area contributed by atoms with Crippen molar-refractivity contribution in [3.8, 4) is 5.75 Å². The minimum absolute atomic E-state index is 0. The molecule has 1 fully saturated rings. The lowest BCUT2D eigenvalue weighted by atomic mass is 9.98. The molecule has 21 heavy (non-hydrogen) atoms. The number of aromatic hydroxyl groups is 1. The van der Waals surface area contributed by atoms with Crippen molar-refractivity contribution in [2.75, 3.05) is 26.2 Å². The van der Waals surface area contributed by atoms with Gasteiger partial charge in [0.05, 0.1) is 0 Å². The number of halogens is 4. The molecule has 0 aromatic heterocycles. The number of piperazine rings is 1. The van der Waals surface area contributed by atoms with Crippen molar-refractivity contribution in [3.05, 3.63) is 29.3 Å². The second kappa shape index (κ2) is 9.41. The lowest BCUT2D eigenvalue weighted by Crippen LogP contribution is -2.45. The molecule has 1 saturated heterocycles. The van der Waals surface area contributed by atoms with E-state index >= 15 is 0 Å². The Kier molecular flexibility index (Phi) is 9.13. The van der Waals surface area contributed by atoms with E-state index in [1.807, 2.05) is 6.92 Å². The Hall–Kier alpha value is -0.620. The second-order valence-corrected chi connectivity index (χ2v) is 4.89. The lowest BCUT2D eigenvalue weighted by molar-refractivity contribution is 0.161. The molecule has 0 spiro atoms. The van der Waals surface area contributed by atoms with Crippen LogP contribution in [0.25, 0.3) is 0 Å². The Morgan fingerprint density at radius 2 is 1.86 bits per heavy atom. The minimum atomic E-state index is -1.14. The summed E-state index contributed by atoms with van der Waals surface area (Å²) < 4.78 is 26.6. The molecule has 0 unspecified atom stereocenters. The molecular formula is C14H22Cl2F2N2O. The van der Waals surface area contributed by atoms with Crippen LogP contribution in [0.15, 0.2) is 12.1 Å². The van der Waals surface area contributed by atoms with Gasteiger partial charge in [0, 0.05) is 37.8 Å². The number of hydrogen-bond donors (Lipinski definition) is 2. The van der Waals surface area contributed by atoms with Gasteiger partial charge < -0.3 is 10.4 Å². The molecule has 1 heterocycles. The zero-order valence-electron chi connectivity index (χ0n) is 11.9. The van der Waals surface area contributed by atoms with E-state index in [4.69, 9.17) is 0 Å². The highest BCUT2D eigenvalue weighted by molar-refractivity contribution is 5.85. The molecular weight excluding hydrogens is 321 g/mol. The summed E-state index contributed by atoms with van der Waals surface area (Å²) in [6, 6.07) is 2.54. The van der Waals surface area contributed by atoms with Gasteiger partial charge >= 0.3 is 0 Å². The van der Waals surface area contributed by atoms with Crippen LogP contribution in [0.4, 0.5) is 8.78 Å². The Morgan fingerprint density at radius 1 is 1.24 bits per heavy atom. The van der Waals surface area contributed by atoms with Crippen molar-refractivity contribution in [3.63, 3.8) is 0 Å². The van der Waals surface area contributed by atoms with E-state index in [1.54, 1.807) is 0 Å². The van der Waals surface area contributed by atoms with E-state index in [2.05, 4.69) is 10.2 Å². The molecule has 0 radical (unpaired) electrons. The third-order valence-corrected chi connectivity index (χ3v) is 3.61. The third-order valence-electron chi connectivity index (χ3n) is 3.61. The fraction of sp³-hybridized carbons (Fsp3) is 0.571. The van der Waals surface area contributed by atoms with Gasteiger partial charge in [0.25, 0.3) is 0 Å². The van der Waals surface area contributed by atoms with Crippen LogP contribution in [0.3, 0.4) is 0 Å². The SMILES string of the molecule is CCC[C@H](c1ccc(F)c(F)c1O)N1CCNCC1.Cl.Cl. The highest BCUT2D eigenvalue weighted by Crippen LogP contribution is 2.34. The van der Waals surface area contributed by atoms with Gasteiger partial charge in [-0.1, -0.05) is 19.4 Å². The lowest BCUT2D eigenvalue weighted by Gasteiger charge is -2.35. The molecule has 3 nitrogen and oxygen atoms in total. The van der Waals surface area contributed by atoms with Crippen molar-refractivity contribution < 1.29 is 13.9 Å². The number of phenolic OH excluding ortho intramolecular Hbond substituents is 1. The highest BCUT2D eigenvalue weighted by atomic mass is 35.5. The maximum atomic E-state index is 13.5. The van der Waals surface area contributed by atoms with Crippen molar-refractivity contribution in [2.24, 2.45) is 0 Å². The highest BCUT2D eigenvalue weighted by Gasteiger charge is 2.25. The predicted octanol–water partition coefficient (Wildman–Crippen LogP) is 3.26. The zero-order chi connectivity index (χ0) is 13.8. The molecule has 1 aliphatic heterocycles. The van der Waals surface area contributed by atoms with E-state index in [1.165, 1.54) is 6.07 Å². The number of nitrogens with one attached hydrogen (secondary N) is 1. The summed E-state index contributed by atoms with van der Waals surface area (Å²) in [5, 5.41) is 13.1. The summed E-state index contributed by atoms with van der Waals surface area (Å²) in [6.07, 6.45) is 1.74. The number of phenols is 1. The van der Waals surface area contributed by atoms with Crippen LogP contribution >= 0.6 is 24.8 Å². The number of nitrogens with zero attached hydrogens (tertiary/aromatic N) is 1. The quantitative estimate of drug-likeness (QED) is 0.881. The average molecular weight is 343 g/mol. The van der Waals surface area contributed by atoms with Gasteiger partial charge in [0.2, 0.25) is 5.82 Å². The maximum absolute atomic E-state index is 13.5. The molecule has 1 aliphatic rings. The van der Waals surface area contributed by atoms with Crippen molar-refractivity contribution >= 4 is 24.8 Å². The van der Waals surface area contributed by atoms with Crippen LogP contribution in [0.5, 0.6) is 5.75 Å². The fourth-order valence-electron chi connectivity index (χ4n) is 2.63. The van der Waals surface area contributed by atoms with Crippen LogP contribution in [0.2, 0.25) is 0 Å². The average Bonchev–Trinajstić information content (AvgIpc) is 2.44. The van der Waals surface area contributed by atoms with Crippen molar-refractivity contribution in [1.29, 1.82) is 0 Å². The van der Waals surface area contributed by atoms with Gasteiger partial charge in [-0.25, -0.2) is 4.39 Å². The maximum Gasteiger partial charge on any atom is 0.200 e. The minimum Gasteiger partial charge on any atom is -0.505 e. The molecule has 0 bridgehead atoms. The first-order valence-electron chi connectivity index (χ1n) is 6.76. The predicted molar refractivity (Wildman–Crippen MR) is 84.6 cm³/mol. The topological polar surface area (TPSA) is 35.5 Å². The molecule has 2 N–H and O–H groups in total. The molecule has 1 atom stereocenters. The summed E-state index contributed by atoms with van der Waals surface area (Å²) in [7, 11) is 0. The Morgan fingerprint density at radius 3 is 2.43 bits per heavy atom. The van der Waals surface area contributed by atoms with Crippen LogP contribution in [-0.2, 0) is 0 Å². The largest absolute Gasteiger partial charge is 0.505 e. The smallest absolute Gasteiger partial charge is 0.200 e. The zero-order valence-corrected chi connectivity index (χ0v) is 13.6. The number of benzene rings is 1. The van der Waals surface area contributed by atoms with E-state index < -0.39 is 17.4 Å². The van der Waals surface area contributed by atoms with Gasteiger partial charge in [0.15, 0.2) is 11.6 Å². The first-order chi connectivity index (χ1) is 9.15. The van der Waals surface area contributed by atoms with Crippen LogP contribution in [-0.4, -0.2) is 36.2 Å². The molecule has 0 aliphatic carbocycles. The first-order valence-corrected chi connectivity index (χ1v) is 6.76. The summed E-state index contributed by atoms with van der Waals surface area (Å²) in [5.41, 5.74) is 0.489. The molecule has 7 heteroatoms. The molecule has 122 valence electrons. The van der Waals surface area contributed by atoms with Gasteiger partial charge in [-0.15, -0.1) is 24.8 Å². The fourth-order valence-corrected chi connectivity index (χ4v) is 2.63. The van der Waals surface area contributed by atoms with E-state index in [0.29, 0.717) is 5.56 Å². The van der Waals surface area contributed by atoms with Crippen molar-refractivity contribution in [1.82, 2.24) is 10.2 Å². The normalized spacial score (nSPS) is 16.7. The van der Waals surface area contributed by atoms with Crippen LogP contribution < -0.4 is 5.32 Å².